The third kappa shape index (κ3) is 1.85. The average Bonchev–Trinajstić information content (AvgIpc) is 2.30. The summed E-state index contributed by atoms with van der Waals surface area (Å²) in [6, 6.07) is 0. The maximum absolute atomic E-state index is 10.5. The second-order valence-electron chi connectivity index (χ2n) is 3.03. The Kier molecular flexibility index (Phi) is 2.87. The molecule has 0 bridgehead atoms. The SMILES string of the molecule is CC(C)Cc1noc(Cl)c1C=O. The molecule has 0 N–H and O–H groups in total. The molecule has 0 atom stereocenters. The Morgan fingerprint density at radius 1 is 1.67 bits per heavy atom. The van der Waals surface area contributed by atoms with Crippen molar-refractivity contribution in [2.45, 2.75) is 20.3 Å². The molecule has 0 aliphatic heterocycles. The zero-order valence-corrected chi connectivity index (χ0v) is 7.76. The fourth-order valence-corrected chi connectivity index (χ4v) is 1.14. The maximum atomic E-state index is 10.5. The molecular formula is C8H10ClNO2. The van der Waals surface area contributed by atoms with Gasteiger partial charge in [-0.15, -0.1) is 0 Å². The van der Waals surface area contributed by atoms with Crippen molar-refractivity contribution in [3.05, 3.63) is 16.5 Å². The van der Waals surface area contributed by atoms with E-state index in [1.807, 2.05) is 13.8 Å². The van der Waals surface area contributed by atoms with E-state index in [2.05, 4.69) is 9.68 Å². The summed E-state index contributed by atoms with van der Waals surface area (Å²) in [5.74, 6) is 0.435. The first-order chi connectivity index (χ1) is 5.65. The average molecular weight is 188 g/mol. The number of rotatable bonds is 3. The first-order valence-corrected chi connectivity index (χ1v) is 4.12. The zero-order chi connectivity index (χ0) is 9.14. The molecule has 0 saturated heterocycles. The second-order valence-corrected chi connectivity index (χ2v) is 3.38. The molecule has 4 heteroatoms. The molecule has 0 aliphatic carbocycles. The van der Waals surface area contributed by atoms with Gasteiger partial charge in [-0.25, -0.2) is 0 Å². The quantitative estimate of drug-likeness (QED) is 0.683. The van der Waals surface area contributed by atoms with Crippen LogP contribution in [0.4, 0.5) is 0 Å². The van der Waals surface area contributed by atoms with Gasteiger partial charge >= 0.3 is 0 Å². The molecule has 0 saturated carbocycles. The highest BCUT2D eigenvalue weighted by molar-refractivity contribution is 6.31. The van der Waals surface area contributed by atoms with Gasteiger partial charge in [-0.2, -0.15) is 0 Å². The lowest BCUT2D eigenvalue weighted by Gasteiger charge is -1.98. The fraction of sp³-hybridized carbons (Fsp3) is 0.500. The van der Waals surface area contributed by atoms with Gasteiger partial charge in [-0.1, -0.05) is 19.0 Å². The first-order valence-electron chi connectivity index (χ1n) is 3.74. The number of nitrogens with zero attached hydrogens (tertiary/aromatic N) is 1. The maximum Gasteiger partial charge on any atom is 0.236 e. The Hall–Kier alpha value is -0.830. The van der Waals surface area contributed by atoms with E-state index < -0.39 is 0 Å². The number of hydrogen-bond acceptors (Lipinski definition) is 3. The van der Waals surface area contributed by atoms with Gasteiger partial charge in [-0.05, 0) is 23.9 Å². The van der Waals surface area contributed by atoms with Gasteiger partial charge in [0.25, 0.3) is 0 Å². The van der Waals surface area contributed by atoms with Crippen molar-refractivity contribution in [3.8, 4) is 0 Å². The van der Waals surface area contributed by atoms with E-state index in [9.17, 15) is 4.79 Å². The summed E-state index contributed by atoms with van der Waals surface area (Å²) in [6.45, 7) is 4.08. The van der Waals surface area contributed by atoms with Crippen LogP contribution >= 0.6 is 11.6 Å². The molecule has 0 fully saturated rings. The van der Waals surface area contributed by atoms with Crippen molar-refractivity contribution in [2.75, 3.05) is 0 Å². The minimum atomic E-state index is 0.0839. The predicted octanol–water partition coefficient (Wildman–Crippen LogP) is 2.34. The molecule has 1 heterocycles. The number of halogens is 1. The van der Waals surface area contributed by atoms with Gasteiger partial charge in [0.15, 0.2) is 6.29 Å². The minimum absolute atomic E-state index is 0.0839. The highest BCUT2D eigenvalue weighted by Crippen LogP contribution is 2.19. The zero-order valence-electron chi connectivity index (χ0n) is 7.00. The van der Waals surface area contributed by atoms with E-state index >= 15 is 0 Å². The molecule has 0 amide bonds. The molecule has 0 unspecified atom stereocenters. The van der Waals surface area contributed by atoms with E-state index in [0.29, 0.717) is 29.9 Å². The lowest BCUT2D eigenvalue weighted by molar-refractivity contribution is 0.112. The molecule has 3 nitrogen and oxygen atoms in total. The van der Waals surface area contributed by atoms with Gasteiger partial charge in [-0.3, -0.25) is 4.79 Å². The van der Waals surface area contributed by atoms with Crippen molar-refractivity contribution in [3.63, 3.8) is 0 Å². The summed E-state index contributed by atoms with van der Waals surface area (Å²) in [6.07, 6.45) is 1.39. The van der Waals surface area contributed by atoms with Crippen LogP contribution in [0.3, 0.4) is 0 Å². The minimum Gasteiger partial charge on any atom is -0.343 e. The first kappa shape index (κ1) is 9.26. The van der Waals surface area contributed by atoms with Crippen LogP contribution in [-0.4, -0.2) is 11.4 Å². The predicted molar refractivity (Wildman–Crippen MR) is 45.4 cm³/mol. The van der Waals surface area contributed by atoms with E-state index in [-0.39, 0.29) is 5.22 Å². The topological polar surface area (TPSA) is 43.1 Å². The number of carbonyl (C=O) groups is 1. The number of hydrogen-bond donors (Lipinski definition) is 0. The van der Waals surface area contributed by atoms with Crippen LogP contribution in [0.2, 0.25) is 5.22 Å². The Morgan fingerprint density at radius 3 is 2.83 bits per heavy atom. The smallest absolute Gasteiger partial charge is 0.236 e. The monoisotopic (exact) mass is 187 g/mol. The van der Waals surface area contributed by atoms with Crippen LogP contribution in [-0.2, 0) is 6.42 Å². The summed E-state index contributed by atoms with van der Waals surface area (Å²) in [4.78, 5) is 10.5. The highest BCUT2D eigenvalue weighted by Gasteiger charge is 2.13. The molecule has 1 aromatic rings. The van der Waals surface area contributed by atoms with Crippen LogP contribution in [0.5, 0.6) is 0 Å². The van der Waals surface area contributed by atoms with Crippen molar-refractivity contribution in [2.24, 2.45) is 5.92 Å². The van der Waals surface area contributed by atoms with Crippen molar-refractivity contribution in [1.29, 1.82) is 0 Å². The van der Waals surface area contributed by atoms with Crippen LogP contribution in [0.1, 0.15) is 29.9 Å². The lowest BCUT2D eigenvalue weighted by atomic mass is 10.1. The summed E-state index contributed by atoms with van der Waals surface area (Å²) in [5, 5.41) is 3.77. The van der Waals surface area contributed by atoms with Crippen molar-refractivity contribution in [1.82, 2.24) is 5.16 Å². The highest BCUT2D eigenvalue weighted by atomic mass is 35.5. The van der Waals surface area contributed by atoms with E-state index in [1.54, 1.807) is 0 Å². The molecule has 0 radical (unpaired) electrons. The number of aldehydes is 1. The van der Waals surface area contributed by atoms with E-state index in [0.717, 1.165) is 0 Å². The molecule has 12 heavy (non-hydrogen) atoms. The second kappa shape index (κ2) is 3.72. The van der Waals surface area contributed by atoms with E-state index in [4.69, 9.17) is 11.6 Å². The summed E-state index contributed by atoms with van der Waals surface area (Å²) >= 11 is 5.57. The Bertz CT molecular complexity index is 281. The normalized spacial score (nSPS) is 10.7. The molecule has 1 aromatic heterocycles. The van der Waals surface area contributed by atoms with Crippen LogP contribution in [0, 0.1) is 5.92 Å². The molecule has 0 spiro atoms. The summed E-state index contributed by atoms with van der Waals surface area (Å²) < 4.78 is 4.67. The van der Waals surface area contributed by atoms with Gasteiger partial charge in [0.2, 0.25) is 5.22 Å². The van der Waals surface area contributed by atoms with Crippen LogP contribution < -0.4 is 0 Å². The third-order valence-corrected chi connectivity index (χ3v) is 1.75. The Balaban J connectivity index is 2.91. The van der Waals surface area contributed by atoms with Gasteiger partial charge < -0.3 is 4.52 Å². The van der Waals surface area contributed by atoms with Gasteiger partial charge in [0.1, 0.15) is 0 Å². The number of aromatic nitrogens is 1. The van der Waals surface area contributed by atoms with Crippen molar-refractivity contribution >= 4 is 17.9 Å². The van der Waals surface area contributed by atoms with E-state index in [1.165, 1.54) is 0 Å². The lowest BCUT2D eigenvalue weighted by Crippen LogP contribution is -1.97. The molecular weight excluding hydrogens is 178 g/mol. The number of carbonyl (C=O) groups excluding carboxylic acids is 1. The molecule has 1 rings (SSSR count). The largest absolute Gasteiger partial charge is 0.343 e. The standard InChI is InChI=1S/C8H10ClNO2/c1-5(2)3-7-6(4-11)8(9)12-10-7/h4-5H,3H2,1-2H3. The van der Waals surface area contributed by atoms with Crippen molar-refractivity contribution < 1.29 is 9.32 Å². The molecule has 0 aliphatic rings. The summed E-state index contributed by atoms with van der Waals surface area (Å²) in [5.41, 5.74) is 1.02. The van der Waals surface area contributed by atoms with Gasteiger partial charge in [0, 0.05) is 0 Å². The third-order valence-electron chi connectivity index (χ3n) is 1.48. The molecule has 66 valence electrons. The Labute approximate surface area is 75.7 Å². The summed E-state index contributed by atoms with van der Waals surface area (Å²) in [7, 11) is 0. The van der Waals surface area contributed by atoms with Crippen LogP contribution in [0.25, 0.3) is 0 Å². The van der Waals surface area contributed by atoms with Gasteiger partial charge in [0.05, 0.1) is 11.3 Å². The Morgan fingerprint density at radius 2 is 2.33 bits per heavy atom. The molecule has 0 aromatic carbocycles. The fourth-order valence-electron chi connectivity index (χ4n) is 0.955. The van der Waals surface area contributed by atoms with Crippen LogP contribution in [0.15, 0.2) is 4.52 Å².